The monoisotopic (exact) mass is 498 g/mol. The van der Waals surface area contributed by atoms with Gasteiger partial charge in [0, 0.05) is 18.2 Å². The van der Waals surface area contributed by atoms with Gasteiger partial charge in [0.2, 0.25) is 5.75 Å². The molecule has 36 heavy (non-hydrogen) atoms. The van der Waals surface area contributed by atoms with E-state index < -0.39 is 35.9 Å². The first kappa shape index (κ1) is 28.8. The third kappa shape index (κ3) is 7.06. The van der Waals surface area contributed by atoms with E-state index in [-0.39, 0.29) is 29.0 Å². The van der Waals surface area contributed by atoms with E-state index in [2.05, 4.69) is 30.2 Å². The molecule has 8 heteroatoms. The van der Waals surface area contributed by atoms with Crippen LogP contribution in [0.25, 0.3) is 0 Å². The Balaban J connectivity index is 2.19. The van der Waals surface area contributed by atoms with E-state index in [0.29, 0.717) is 0 Å². The predicted octanol–water partition coefficient (Wildman–Crippen LogP) is 4.84. The first-order valence-corrected chi connectivity index (χ1v) is 12.3. The van der Waals surface area contributed by atoms with Crippen molar-refractivity contribution in [2.75, 3.05) is 7.11 Å². The van der Waals surface area contributed by atoms with E-state index in [4.69, 9.17) is 14.2 Å². The van der Waals surface area contributed by atoms with Crippen molar-refractivity contribution in [2.24, 2.45) is 11.8 Å². The molecule has 8 nitrogen and oxygen atoms in total. The zero-order valence-corrected chi connectivity index (χ0v) is 22.5. The van der Waals surface area contributed by atoms with Crippen LogP contribution in [0, 0.1) is 18.8 Å². The molecule has 4 atom stereocenters. The lowest BCUT2D eigenvalue weighted by atomic mass is 9.80. The zero-order chi connectivity index (χ0) is 27.0. The summed E-state index contributed by atoms with van der Waals surface area (Å²) in [5.41, 5.74) is 2.12. The Morgan fingerprint density at radius 3 is 2.25 bits per heavy atom. The fourth-order valence-corrected chi connectivity index (χ4v) is 3.99. The smallest absolute Gasteiger partial charge is 0.328 e. The van der Waals surface area contributed by atoms with Crippen LogP contribution < -0.4 is 14.8 Å². The number of amides is 1. The Labute approximate surface area is 213 Å². The predicted molar refractivity (Wildman–Crippen MR) is 137 cm³/mol. The summed E-state index contributed by atoms with van der Waals surface area (Å²) in [4.78, 5) is 42.2. The zero-order valence-electron chi connectivity index (χ0n) is 22.5. The van der Waals surface area contributed by atoms with Crippen LogP contribution in [0.1, 0.15) is 75.5 Å². The number of nitrogens with zero attached hydrogens (tertiary/aromatic N) is 1. The van der Waals surface area contributed by atoms with Crippen LogP contribution in [0.15, 0.2) is 36.5 Å². The molecule has 1 N–H and O–H groups in total. The van der Waals surface area contributed by atoms with Crippen molar-refractivity contribution in [1.29, 1.82) is 0 Å². The van der Waals surface area contributed by atoms with Gasteiger partial charge >= 0.3 is 11.9 Å². The van der Waals surface area contributed by atoms with Crippen molar-refractivity contribution >= 4 is 17.8 Å². The molecule has 0 radical (unpaired) electrons. The number of carbonyl (C=O) groups is 3. The van der Waals surface area contributed by atoms with Crippen LogP contribution in [0.2, 0.25) is 0 Å². The molecule has 1 unspecified atom stereocenters. The third-order valence-corrected chi connectivity index (χ3v) is 6.29. The maximum absolute atomic E-state index is 13.0. The third-order valence-electron chi connectivity index (χ3n) is 6.29. The Bertz CT molecular complexity index is 1070. The van der Waals surface area contributed by atoms with E-state index in [1.165, 1.54) is 19.4 Å². The summed E-state index contributed by atoms with van der Waals surface area (Å²) in [5, 5.41) is 2.61. The van der Waals surface area contributed by atoms with Crippen LogP contribution in [-0.2, 0) is 14.3 Å². The van der Waals surface area contributed by atoms with E-state index >= 15 is 0 Å². The first-order chi connectivity index (χ1) is 17.0. The summed E-state index contributed by atoms with van der Waals surface area (Å²) >= 11 is 0. The number of aromatic nitrogens is 1. The minimum atomic E-state index is -0.962. The Kier molecular flexibility index (Phi) is 10.4. The number of methoxy groups -OCH3 is 1. The second-order valence-corrected chi connectivity index (χ2v) is 9.37. The number of nitrogens with one attached hydrogen (secondary N) is 1. The average molecular weight is 499 g/mol. The van der Waals surface area contributed by atoms with Crippen LogP contribution >= 0.6 is 0 Å². The number of rotatable bonds is 11. The molecule has 0 spiro atoms. The second-order valence-electron chi connectivity index (χ2n) is 9.37. The highest BCUT2D eigenvalue weighted by Gasteiger charge is 2.31. The van der Waals surface area contributed by atoms with Gasteiger partial charge in [0.1, 0.15) is 12.1 Å². The van der Waals surface area contributed by atoms with Crippen molar-refractivity contribution < 1.29 is 28.6 Å². The molecule has 0 aliphatic rings. The van der Waals surface area contributed by atoms with Gasteiger partial charge < -0.3 is 19.5 Å². The molecule has 196 valence electrons. The highest BCUT2D eigenvalue weighted by Crippen LogP contribution is 2.34. The SMILES string of the molecule is CCC(C)[C@@H](c1ccccc1C)[C@H](C)OC(=O)[C@H](C)NC(=O)c1nccc(OC)c1OC(=O)C(C)C. The molecular weight excluding hydrogens is 460 g/mol. The lowest BCUT2D eigenvalue weighted by Gasteiger charge is -2.31. The number of carbonyl (C=O) groups excluding carboxylic acids is 3. The minimum Gasteiger partial charge on any atom is -0.493 e. The molecule has 0 saturated carbocycles. The number of ether oxygens (including phenoxy) is 3. The van der Waals surface area contributed by atoms with Gasteiger partial charge in [-0.05, 0) is 37.8 Å². The van der Waals surface area contributed by atoms with Crippen LogP contribution in [0.3, 0.4) is 0 Å². The number of hydrogen-bond donors (Lipinski definition) is 1. The summed E-state index contributed by atoms with van der Waals surface area (Å²) in [6, 6.07) is 8.61. The van der Waals surface area contributed by atoms with Gasteiger partial charge in [-0.2, -0.15) is 0 Å². The van der Waals surface area contributed by atoms with Gasteiger partial charge in [-0.1, -0.05) is 58.4 Å². The summed E-state index contributed by atoms with van der Waals surface area (Å²) < 4.78 is 16.5. The Morgan fingerprint density at radius 1 is 1.00 bits per heavy atom. The van der Waals surface area contributed by atoms with Gasteiger partial charge in [-0.15, -0.1) is 0 Å². The summed E-state index contributed by atoms with van der Waals surface area (Å²) in [7, 11) is 1.40. The van der Waals surface area contributed by atoms with E-state index in [0.717, 1.165) is 17.5 Å². The molecular formula is C28H38N2O6. The Morgan fingerprint density at radius 2 is 1.67 bits per heavy atom. The second kappa shape index (κ2) is 13.0. The summed E-state index contributed by atoms with van der Waals surface area (Å²) in [6.45, 7) is 13.1. The number of benzene rings is 1. The number of aryl methyl sites for hydroxylation is 1. The molecule has 0 aliphatic heterocycles. The largest absolute Gasteiger partial charge is 0.493 e. The average Bonchev–Trinajstić information content (AvgIpc) is 2.84. The first-order valence-electron chi connectivity index (χ1n) is 12.3. The van der Waals surface area contributed by atoms with Crippen molar-refractivity contribution in [3.63, 3.8) is 0 Å². The standard InChI is InChI=1S/C28H38N2O6/c1-9-17(4)23(21-13-11-10-12-18(21)5)20(7)35-28(33)19(6)30-26(31)24-25(36-27(32)16(2)3)22(34-8)14-15-29-24/h10-17,19-20,23H,9H2,1-8H3,(H,30,31)/t17?,19-,20-,23+/m0/s1. The molecule has 1 aromatic heterocycles. The number of hydrogen-bond acceptors (Lipinski definition) is 7. The molecule has 2 rings (SSSR count). The quantitative estimate of drug-likeness (QED) is 0.442. The van der Waals surface area contributed by atoms with E-state index in [1.807, 2.05) is 32.0 Å². The summed E-state index contributed by atoms with van der Waals surface area (Å²) in [5.74, 6) is -1.85. The molecule has 0 saturated heterocycles. The van der Waals surface area contributed by atoms with Crippen LogP contribution in [0.5, 0.6) is 11.5 Å². The Hall–Kier alpha value is -3.42. The van der Waals surface area contributed by atoms with Crippen molar-refractivity contribution in [3.05, 3.63) is 53.3 Å². The normalized spacial score (nSPS) is 14.4. The molecule has 0 fully saturated rings. The lowest BCUT2D eigenvalue weighted by Crippen LogP contribution is -2.42. The van der Waals surface area contributed by atoms with Gasteiger partial charge in [0.25, 0.3) is 5.91 Å². The fourth-order valence-electron chi connectivity index (χ4n) is 3.99. The minimum absolute atomic E-state index is 0.00477. The molecule has 2 aromatic rings. The van der Waals surface area contributed by atoms with Crippen LogP contribution in [-0.4, -0.2) is 42.1 Å². The lowest BCUT2D eigenvalue weighted by molar-refractivity contribution is -0.151. The highest BCUT2D eigenvalue weighted by molar-refractivity contribution is 5.98. The molecule has 0 bridgehead atoms. The maximum Gasteiger partial charge on any atom is 0.328 e. The van der Waals surface area contributed by atoms with Crippen LogP contribution in [0.4, 0.5) is 0 Å². The fraction of sp³-hybridized carbons (Fsp3) is 0.500. The van der Waals surface area contributed by atoms with Crippen molar-refractivity contribution in [1.82, 2.24) is 10.3 Å². The van der Waals surface area contributed by atoms with Crippen molar-refractivity contribution in [3.8, 4) is 11.5 Å². The topological polar surface area (TPSA) is 104 Å². The summed E-state index contributed by atoms with van der Waals surface area (Å²) in [6.07, 6.45) is 1.88. The van der Waals surface area contributed by atoms with E-state index in [9.17, 15) is 14.4 Å². The van der Waals surface area contributed by atoms with Gasteiger partial charge in [0.05, 0.1) is 13.0 Å². The molecule has 1 amide bonds. The van der Waals surface area contributed by atoms with Gasteiger partial charge in [-0.25, -0.2) is 9.78 Å². The molecule has 0 aliphatic carbocycles. The van der Waals surface area contributed by atoms with Gasteiger partial charge in [-0.3, -0.25) is 9.59 Å². The highest BCUT2D eigenvalue weighted by atomic mass is 16.6. The van der Waals surface area contributed by atoms with E-state index in [1.54, 1.807) is 20.8 Å². The maximum atomic E-state index is 13.0. The number of pyridine rings is 1. The van der Waals surface area contributed by atoms with Gasteiger partial charge in [0.15, 0.2) is 11.4 Å². The van der Waals surface area contributed by atoms with Crippen molar-refractivity contribution in [2.45, 2.75) is 73.0 Å². The molecule has 1 aromatic carbocycles. The molecule has 1 heterocycles. The number of esters is 2.